The highest BCUT2D eigenvalue weighted by molar-refractivity contribution is 5.09. The van der Waals surface area contributed by atoms with Crippen LogP contribution in [0.2, 0.25) is 0 Å². The minimum absolute atomic E-state index is 0.266. The van der Waals surface area contributed by atoms with Crippen LogP contribution < -0.4 is 0 Å². The Morgan fingerprint density at radius 3 is 2.96 bits per heavy atom. The Morgan fingerprint density at radius 1 is 1.22 bits per heavy atom. The van der Waals surface area contributed by atoms with Gasteiger partial charge in [-0.1, -0.05) is 18.9 Å². The molecule has 0 N–H and O–H groups in total. The van der Waals surface area contributed by atoms with Crippen LogP contribution in [0.4, 0.5) is 0 Å². The lowest BCUT2D eigenvalue weighted by Gasteiger charge is -2.39. The number of pyridine rings is 1. The summed E-state index contributed by atoms with van der Waals surface area (Å²) in [7, 11) is 0. The fourth-order valence-corrected chi connectivity index (χ4v) is 4.53. The van der Waals surface area contributed by atoms with Crippen LogP contribution in [0.3, 0.4) is 0 Å². The van der Waals surface area contributed by atoms with Gasteiger partial charge in [-0.25, -0.2) is 0 Å². The van der Waals surface area contributed by atoms with Crippen LogP contribution in [-0.4, -0.2) is 47.9 Å². The summed E-state index contributed by atoms with van der Waals surface area (Å²) in [6.45, 7) is 3.77. The van der Waals surface area contributed by atoms with Crippen molar-refractivity contribution in [1.82, 2.24) is 9.88 Å². The predicted octanol–water partition coefficient (Wildman–Crippen LogP) is 3.02. The Kier molecular flexibility index (Phi) is 4.93. The van der Waals surface area contributed by atoms with Crippen LogP contribution in [-0.2, 0) is 16.0 Å². The molecule has 4 nitrogen and oxygen atoms in total. The van der Waals surface area contributed by atoms with Gasteiger partial charge in [-0.2, -0.15) is 0 Å². The first-order chi connectivity index (χ1) is 11.4. The molecule has 0 unspecified atom stereocenters. The van der Waals surface area contributed by atoms with E-state index in [1.165, 1.54) is 37.7 Å². The van der Waals surface area contributed by atoms with Gasteiger partial charge < -0.3 is 9.47 Å². The minimum Gasteiger partial charge on any atom is -0.375 e. The molecule has 2 heterocycles. The number of nitrogens with zero attached hydrogens (tertiary/aromatic N) is 2. The van der Waals surface area contributed by atoms with Crippen LogP contribution >= 0.6 is 0 Å². The molecule has 0 amide bonds. The molecule has 2 aliphatic carbocycles. The third kappa shape index (κ3) is 3.59. The molecule has 126 valence electrons. The number of hydrogen-bond donors (Lipinski definition) is 0. The van der Waals surface area contributed by atoms with Gasteiger partial charge in [0.15, 0.2) is 0 Å². The lowest BCUT2D eigenvalue weighted by atomic mass is 10.1. The second-order valence-electron chi connectivity index (χ2n) is 7.33. The summed E-state index contributed by atoms with van der Waals surface area (Å²) in [5.41, 5.74) is 1.29. The van der Waals surface area contributed by atoms with E-state index in [2.05, 4.69) is 16.0 Å². The smallest absolute Gasteiger partial charge is 0.0992 e. The van der Waals surface area contributed by atoms with Crippen molar-refractivity contribution in [2.45, 2.75) is 63.3 Å². The lowest BCUT2D eigenvalue weighted by molar-refractivity contribution is -0.119. The van der Waals surface area contributed by atoms with E-state index < -0.39 is 0 Å². The molecule has 0 aromatic carbocycles. The third-order valence-electron chi connectivity index (χ3n) is 5.78. The molecule has 3 atom stereocenters. The van der Waals surface area contributed by atoms with E-state index in [0.717, 1.165) is 38.6 Å². The molecule has 3 aliphatic rings. The molecule has 1 aromatic rings. The molecule has 3 fully saturated rings. The molecule has 2 saturated carbocycles. The summed E-state index contributed by atoms with van der Waals surface area (Å²) in [5.74, 6) is 0.795. The molecule has 1 aliphatic heterocycles. The molecule has 4 rings (SSSR count). The molecular weight excluding hydrogens is 288 g/mol. The number of ether oxygens (including phenoxy) is 2. The zero-order chi connectivity index (χ0) is 15.5. The maximum atomic E-state index is 6.29. The van der Waals surface area contributed by atoms with Crippen LogP contribution in [0.15, 0.2) is 24.5 Å². The largest absolute Gasteiger partial charge is 0.375 e. The highest BCUT2D eigenvalue weighted by atomic mass is 16.5. The summed E-state index contributed by atoms with van der Waals surface area (Å²) >= 11 is 0. The first-order valence-electron chi connectivity index (χ1n) is 9.26. The van der Waals surface area contributed by atoms with Gasteiger partial charge in [-0.05, 0) is 43.2 Å². The molecule has 1 aromatic heterocycles. The van der Waals surface area contributed by atoms with Crippen molar-refractivity contribution in [2.24, 2.45) is 5.92 Å². The van der Waals surface area contributed by atoms with Gasteiger partial charge in [-0.3, -0.25) is 9.88 Å². The van der Waals surface area contributed by atoms with Crippen molar-refractivity contribution < 1.29 is 9.47 Å². The first kappa shape index (κ1) is 15.6. The van der Waals surface area contributed by atoms with Crippen LogP contribution in [0, 0.1) is 5.92 Å². The summed E-state index contributed by atoms with van der Waals surface area (Å²) < 4.78 is 12.4. The van der Waals surface area contributed by atoms with E-state index in [0.29, 0.717) is 12.1 Å². The van der Waals surface area contributed by atoms with Gasteiger partial charge in [0, 0.05) is 38.1 Å². The maximum absolute atomic E-state index is 6.29. The van der Waals surface area contributed by atoms with E-state index in [1.807, 2.05) is 18.5 Å². The maximum Gasteiger partial charge on any atom is 0.0992 e. The second kappa shape index (κ2) is 7.29. The van der Waals surface area contributed by atoms with E-state index >= 15 is 0 Å². The highest BCUT2D eigenvalue weighted by Crippen LogP contribution is 2.34. The lowest BCUT2D eigenvalue weighted by Crippen LogP contribution is -2.51. The van der Waals surface area contributed by atoms with E-state index in [4.69, 9.17) is 9.47 Å². The summed E-state index contributed by atoms with van der Waals surface area (Å²) in [5, 5.41) is 0. The number of hydrogen-bond acceptors (Lipinski definition) is 4. The average molecular weight is 316 g/mol. The normalized spacial score (nSPS) is 32.3. The molecular formula is C19H28N2O2. The first-order valence-corrected chi connectivity index (χ1v) is 9.26. The Balaban J connectivity index is 1.34. The SMILES string of the molecule is c1cncc(CN2CCO[C@H]3[C@H](OCC4CCCC4)CC[C@@H]32)c1. The Hall–Kier alpha value is -0.970. The van der Waals surface area contributed by atoms with E-state index in [-0.39, 0.29) is 6.10 Å². The van der Waals surface area contributed by atoms with Crippen molar-refractivity contribution in [3.8, 4) is 0 Å². The number of morpholine rings is 1. The predicted molar refractivity (Wildman–Crippen MR) is 89.1 cm³/mol. The molecule has 1 saturated heterocycles. The van der Waals surface area contributed by atoms with Gasteiger partial charge in [0.25, 0.3) is 0 Å². The standard InChI is InChI=1S/C19H28N2O2/c1-2-5-15(4-1)14-23-18-8-7-17-19(18)22-11-10-21(17)13-16-6-3-9-20-12-16/h3,6,9,12,15,17-19H,1-2,4-5,7-8,10-11,13-14H2/t17-,18+,19+/m0/s1. The summed E-state index contributed by atoms with van der Waals surface area (Å²) in [4.78, 5) is 6.82. The average Bonchev–Trinajstić information content (AvgIpc) is 3.24. The van der Waals surface area contributed by atoms with Gasteiger partial charge in [0.1, 0.15) is 0 Å². The minimum atomic E-state index is 0.266. The summed E-state index contributed by atoms with van der Waals surface area (Å²) in [6.07, 6.45) is 12.2. The van der Waals surface area contributed by atoms with Crippen LogP contribution in [0.25, 0.3) is 0 Å². The fourth-order valence-electron chi connectivity index (χ4n) is 4.53. The molecule has 0 spiro atoms. The highest BCUT2D eigenvalue weighted by Gasteiger charge is 2.43. The number of fused-ring (bicyclic) bond motifs is 1. The number of aromatic nitrogens is 1. The van der Waals surface area contributed by atoms with Crippen molar-refractivity contribution in [3.05, 3.63) is 30.1 Å². The van der Waals surface area contributed by atoms with Gasteiger partial charge in [-0.15, -0.1) is 0 Å². The second-order valence-corrected chi connectivity index (χ2v) is 7.33. The van der Waals surface area contributed by atoms with E-state index in [9.17, 15) is 0 Å². The monoisotopic (exact) mass is 316 g/mol. The van der Waals surface area contributed by atoms with Crippen molar-refractivity contribution >= 4 is 0 Å². The zero-order valence-corrected chi connectivity index (χ0v) is 13.9. The van der Waals surface area contributed by atoms with Crippen LogP contribution in [0.1, 0.15) is 44.1 Å². The van der Waals surface area contributed by atoms with Gasteiger partial charge >= 0.3 is 0 Å². The fraction of sp³-hybridized carbons (Fsp3) is 0.737. The van der Waals surface area contributed by atoms with Crippen LogP contribution in [0.5, 0.6) is 0 Å². The van der Waals surface area contributed by atoms with Gasteiger partial charge in [0.05, 0.1) is 18.8 Å². The Bertz CT molecular complexity index is 489. The van der Waals surface area contributed by atoms with Gasteiger partial charge in [0.2, 0.25) is 0 Å². The zero-order valence-electron chi connectivity index (χ0n) is 13.9. The number of rotatable bonds is 5. The summed E-state index contributed by atoms with van der Waals surface area (Å²) in [6, 6.07) is 4.70. The van der Waals surface area contributed by atoms with Crippen molar-refractivity contribution in [2.75, 3.05) is 19.8 Å². The quantitative estimate of drug-likeness (QED) is 0.836. The van der Waals surface area contributed by atoms with E-state index in [1.54, 1.807) is 0 Å². The molecule has 0 radical (unpaired) electrons. The third-order valence-corrected chi connectivity index (χ3v) is 5.78. The Morgan fingerprint density at radius 2 is 2.13 bits per heavy atom. The van der Waals surface area contributed by atoms with Crippen molar-refractivity contribution in [3.63, 3.8) is 0 Å². The molecule has 0 bridgehead atoms. The Labute approximate surface area is 139 Å². The molecule has 23 heavy (non-hydrogen) atoms. The van der Waals surface area contributed by atoms with Crippen molar-refractivity contribution in [1.29, 1.82) is 0 Å². The molecule has 4 heteroatoms. The topological polar surface area (TPSA) is 34.6 Å².